The number of hydrogen-bond acceptors (Lipinski definition) is 7. The Morgan fingerprint density at radius 3 is 2.59 bits per heavy atom. The van der Waals surface area contributed by atoms with E-state index in [1.807, 2.05) is 19.0 Å². The average Bonchev–Trinajstić information content (AvgIpc) is 3.28. The maximum absolute atomic E-state index is 14.4. The van der Waals surface area contributed by atoms with Gasteiger partial charge in [-0.1, -0.05) is 23.7 Å². The Labute approximate surface area is 242 Å². The lowest BCUT2D eigenvalue weighted by Gasteiger charge is -2.27. The molecule has 1 aliphatic heterocycles. The van der Waals surface area contributed by atoms with E-state index >= 15 is 0 Å². The maximum atomic E-state index is 14.4. The molecule has 3 aromatic rings. The van der Waals surface area contributed by atoms with Gasteiger partial charge in [-0.2, -0.15) is 5.10 Å². The fourth-order valence-electron chi connectivity index (χ4n) is 6.03. The Hall–Kier alpha value is -3.35. The molecule has 0 spiro atoms. The molecule has 2 heterocycles. The van der Waals surface area contributed by atoms with Crippen molar-refractivity contribution in [3.63, 3.8) is 0 Å². The first-order chi connectivity index (χ1) is 19.2. The minimum Gasteiger partial charge on any atom is -0.350 e. The topological polar surface area (TPSA) is 122 Å². The molecular formula is C28H31ClFN5O5S. The van der Waals surface area contributed by atoms with Gasteiger partial charge in [-0.05, 0) is 51.2 Å². The number of benzene rings is 2. The van der Waals surface area contributed by atoms with Gasteiger partial charge in [0, 0.05) is 48.7 Å². The second-order valence-electron chi connectivity index (χ2n) is 11.3. The molecule has 218 valence electrons. The van der Waals surface area contributed by atoms with Crippen LogP contribution in [0, 0.1) is 11.2 Å². The summed E-state index contributed by atoms with van der Waals surface area (Å²) in [7, 11) is 0.312. The van der Waals surface area contributed by atoms with Crippen LogP contribution in [-0.2, 0) is 32.5 Å². The predicted octanol–water partition coefficient (Wildman–Crippen LogP) is 2.67. The van der Waals surface area contributed by atoms with Crippen LogP contribution in [0.5, 0.6) is 0 Å². The molecule has 1 saturated carbocycles. The number of carbonyl (C=O) groups excluding carboxylic acids is 3. The smallest absolute Gasteiger partial charge is 0.245 e. The highest BCUT2D eigenvalue weighted by atomic mass is 35.5. The number of Topliss-reactive ketones (excluding diaryl/α,β-unsaturated/α-hetero) is 1. The molecule has 41 heavy (non-hydrogen) atoms. The summed E-state index contributed by atoms with van der Waals surface area (Å²) in [5, 5.41) is 7.51. The van der Waals surface area contributed by atoms with Gasteiger partial charge in [-0.25, -0.2) is 12.8 Å². The summed E-state index contributed by atoms with van der Waals surface area (Å²) in [6, 6.07) is 7.91. The number of ketones is 1. The Morgan fingerprint density at radius 1 is 1.20 bits per heavy atom. The second kappa shape index (κ2) is 10.5. The highest BCUT2D eigenvalue weighted by Crippen LogP contribution is 2.59. The monoisotopic (exact) mass is 603 g/mol. The van der Waals surface area contributed by atoms with Crippen LogP contribution < -0.4 is 5.32 Å². The summed E-state index contributed by atoms with van der Waals surface area (Å²) in [6.45, 7) is 1.65. The maximum Gasteiger partial charge on any atom is 0.245 e. The Bertz CT molecular complexity index is 1690. The van der Waals surface area contributed by atoms with Crippen LogP contribution in [0.25, 0.3) is 10.9 Å². The standard InChI is InChI=1S/C28H31ClFN5O5S/c1-16(36)26-19-9-8-18(41(4,39)40)10-21(19)34(32-26)14-24(37)35-22(11-28(12-23(28)35)15-33(2)3)27(38)31-13-17-6-5-7-20(29)25(17)30/h5-10,22-23H,11-15H2,1-4H3,(H,31,38)/t22-,23-,28+/m0/s1. The van der Waals surface area contributed by atoms with Crippen molar-refractivity contribution >= 4 is 49.9 Å². The van der Waals surface area contributed by atoms with E-state index in [4.69, 9.17) is 11.6 Å². The number of hydrogen-bond donors (Lipinski definition) is 1. The molecule has 0 radical (unpaired) electrons. The number of aromatic nitrogens is 2. The molecular weight excluding hydrogens is 573 g/mol. The molecule has 2 fully saturated rings. The van der Waals surface area contributed by atoms with Crippen LogP contribution in [0.1, 0.15) is 35.8 Å². The van der Waals surface area contributed by atoms with Crippen molar-refractivity contribution in [3.8, 4) is 0 Å². The van der Waals surface area contributed by atoms with E-state index in [9.17, 15) is 27.2 Å². The van der Waals surface area contributed by atoms with Gasteiger partial charge in [-0.3, -0.25) is 19.1 Å². The highest BCUT2D eigenvalue weighted by molar-refractivity contribution is 7.90. The van der Waals surface area contributed by atoms with Crippen LogP contribution in [0.4, 0.5) is 4.39 Å². The normalized spacial score (nSPS) is 21.8. The molecule has 2 amide bonds. The van der Waals surface area contributed by atoms with Crippen molar-refractivity contribution in [1.29, 1.82) is 0 Å². The molecule has 1 saturated heterocycles. The molecule has 10 nitrogen and oxygen atoms in total. The Kier molecular flexibility index (Phi) is 7.46. The Morgan fingerprint density at radius 2 is 1.93 bits per heavy atom. The number of amides is 2. The zero-order chi connectivity index (χ0) is 29.9. The lowest BCUT2D eigenvalue weighted by Crippen LogP contribution is -2.48. The third-order valence-electron chi connectivity index (χ3n) is 7.89. The van der Waals surface area contributed by atoms with Gasteiger partial charge in [0.05, 0.1) is 15.4 Å². The lowest BCUT2D eigenvalue weighted by atomic mass is 9.98. The molecule has 13 heteroatoms. The first-order valence-electron chi connectivity index (χ1n) is 13.1. The van der Waals surface area contributed by atoms with E-state index in [1.165, 1.54) is 41.9 Å². The fraction of sp³-hybridized carbons (Fsp3) is 0.429. The van der Waals surface area contributed by atoms with Crippen LogP contribution in [0.3, 0.4) is 0 Å². The summed E-state index contributed by atoms with van der Waals surface area (Å²) in [5.74, 6) is -1.73. The van der Waals surface area contributed by atoms with Crippen molar-refractivity contribution in [2.75, 3.05) is 26.9 Å². The van der Waals surface area contributed by atoms with Gasteiger partial charge in [0.25, 0.3) is 0 Å². The first kappa shape index (κ1) is 29.2. The summed E-state index contributed by atoms with van der Waals surface area (Å²) in [6.07, 6.45) is 2.26. The van der Waals surface area contributed by atoms with E-state index in [0.29, 0.717) is 23.9 Å². The molecule has 2 aromatic carbocycles. The predicted molar refractivity (Wildman–Crippen MR) is 151 cm³/mol. The Balaban J connectivity index is 1.44. The van der Waals surface area contributed by atoms with Crippen LogP contribution in [-0.4, -0.2) is 84.6 Å². The second-order valence-corrected chi connectivity index (χ2v) is 13.7. The minimum absolute atomic E-state index is 0.0348. The van der Waals surface area contributed by atoms with Crippen LogP contribution in [0.15, 0.2) is 41.3 Å². The number of piperidine rings is 1. The van der Waals surface area contributed by atoms with Crippen LogP contribution in [0.2, 0.25) is 5.02 Å². The number of rotatable bonds is 9. The van der Waals surface area contributed by atoms with E-state index in [1.54, 1.807) is 11.0 Å². The zero-order valence-electron chi connectivity index (χ0n) is 23.1. The largest absolute Gasteiger partial charge is 0.350 e. The zero-order valence-corrected chi connectivity index (χ0v) is 24.7. The number of carbonyl (C=O) groups is 3. The molecule has 1 aliphatic carbocycles. The SMILES string of the molecule is CC(=O)c1nn(CC(=O)N2[C@H]3C[C@@]3(CN(C)C)C[C@H]2C(=O)NCc2cccc(Cl)c2F)c2cc(S(C)(=O)=O)ccc12. The number of sulfone groups is 1. The first-order valence-corrected chi connectivity index (χ1v) is 15.4. The molecule has 1 aromatic heterocycles. The number of halogens is 2. The number of nitrogens with zero attached hydrogens (tertiary/aromatic N) is 4. The third-order valence-corrected chi connectivity index (χ3v) is 9.30. The summed E-state index contributed by atoms with van der Waals surface area (Å²) in [5.41, 5.74) is 0.443. The molecule has 2 aliphatic rings. The van der Waals surface area contributed by atoms with E-state index in [-0.39, 0.29) is 57.4 Å². The van der Waals surface area contributed by atoms with Gasteiger partial charge < -0.3 is 15.1 Å². The van der Waals surface area contributed by atoms with Crippen molar-refractivity contribution in [1.82, 2.24) is 24.9 Å². The van der Waals surface area contributed by atoms with Crippen molar-refractivity contribution in [2.45, 2.75) is 49.8 Å². The van der Waals surface area contributed by atoms with Gasteiger partial charge in [0.2, 0.25) is 11.8 Å². The quantitative estimate of drug-likeness (QED) is 0.373. The molecule has 0 unspecified atom stereocenters. The summed E-state index contributed by atoms with van der Waals surface area (Å²) in [4.78, 5) is 43.2. The van der Waals surface area contributed by atoms with Crippen LogP contribution >= 0.6 is 11.6 Å². The average molecular weight is 604 g/mol. The number of likely N-dealkylation sites (tertiary alicyclic amines) is 1. The fourth-order valence-corrected chi connectivity index (χ4v) is 6.87. The molecule has 1 N–H and O–H groups in total. The van der Waals surface area contributed by atoms with Crippen molar-refractivity contribution in [3.05, 3.63) is 58.5 Å². The van der Waals surface area contributed by atoms with Gasteiger partial charge in [0.1, 0.15) is 24.1 Å². The molecule has 3 atom stereocenters. The van der Waals surface area contributed by atoms with Crippen molar-refractivity contribution in [2.24, 2.45) is 5.41 Å². The summed E-state index contributed by atoms with van der Waals surface area (Å²) >= 11 is 5.88. The minimum atomic E-state index is -3.56. The molecule has 0 bridgehead atoms. The van der Waals surface area contributed by atoms with Crippen molar-refractivity contribution < 1.29 is 27.2 Å². The third kappa shape index (κ3) is 5.47. The van der Waals surface area contributed by atoms with E-state index in [0.717, 1.165) is 12.7 Å². The number of fused-ring (bicyclic) bond motifs is 2. The van der Waals surface area contributed by atoms with E-state index in [2.05, 4.69) is 10.4 Å². The van der Waals surface area contributed by atoms with E-state index < -0.39 is 27.6 Å². The van der Waals surface area contributed by atoms with Gasteiger partial charge in [-0.15, -0.1) is 0 Å². The van der Waals surface area contributed by atoms with Gasteiger partial charge >= 0.3 is 0 Å². The summed E-state index contributed by atoms with van der Waals surface area (Å²) < 4.78 is 40.1. The molecule has 5 rings (SSSR count). The highest BCUT2D eigenvalue weighted by Gasteiger charge is 2.67. The lowest BCUT2D eigenvalue weighted by molar-refractivity contribution is -0.140. The van der Waals surface area contributed by atoms with Gasteiger partial charge in [0.15, 0.2) is 15.6 Å². The number of nitrogens with one attached hydrogen (secondary N) is 1.